The number of nitrogens with two attached hydrogens (primary N) is 1. The van der Waals surface area contributed by atoms with E-state index < -0.39 is 20.8 Å². The number of halogens is 1. The summed E-state index contributed by atoms with van der Waals surface area (Å²) in [7, 11) is -4.71. The van der Waals surface area contributed by atoms with Gasteiger partial charge in [0.1, 0.15) is 4.90 Å². The van der Waals surface area contributed by atoms with Crippen molar-refractivity contribution in [1.29, 1.82) is 0 Å². The molecule has 0 aromatic carbocycles. The third-order valence-electron chi connectivity index (χ3n) is 2.66. The maximum atomic E-state index is 12.2. The molecule has 4 N–H and O–H groups in total. The van der Waals surface area contributed by atoms with Gasteiger partial charge in [0.15, 0.2) is 5.82 Å². The second-order valence-electron chi connectivity index (χ2n) is 4.14. The van der Waals surface area contributed by atoms with E-state index in [9.17, 15) is 12.6 Å². The van der Waals surface area contributed by atoms with Gasteiger partial charge in [-0.15, -0.1) is 0 Å². The molecule has 0 aliphatic heterocycles. The van der Waals surface area contributed by atoms with Crippen LogP contribution in [0.25, 0.3) is 0 Å². The number of hydrazine groups is 1. The van der Waals surface area contributed by atoms with E-state index in [1.807, 2.05) is 0 Å². The van der Waals surface area contributed by atoms with Crippen molar-refractivity contribution in [2.24, 2.45) is 5.84 Å². The summed E-state index contributed by atoms with van der Waals surface area (Å²) in [5.41, 5.74) is 2.25. The molecule has 0 radical (unpaired) electrons. The first-order valence-electron chi connectivity index (χ1n) is 5.72. The first kappa shape index (κ1) is 17.5. The Morgan fingerprint density at radius 1 is 1.55 bits per heavy atom. The number of aromatic nitrogens is 1. The molecule has 1 heterocycles. The van der Waals surface area contributed by atoms with Gasteiger partial charge in [0.05, 0.1) is 0 Å². The third kappa shape index (κ3) is 4.77. The van der Waals surface area contributed by atoms with Gasteiger partial charge in [-0.1, -0.05) is 6.92 Å². The van der Waals surface area contributed by atoms with Gasteiger partial charge in [-0.05, 0) is 28.4 Å². The second kappa shape index (κ2) is 7.46. The van der Waals surface area contributed by atoms with Crippen LogP contribution in [0.3, 0.4) is 0 Å². The predicted octanol–water partition coefficient (Wildman–Crippen LogP) is 0.565. The second-order valence-corrected chi connectivity index (χ2v) is 8.59. The molecule has 0 fully saturated rings. The van der Waals surface area contributed by atoms with Crippen molar-refractivity contribution in [3.63, 3.8) is 0 Å². The minimum Gasteiger partial charge on any atom is -0.307 e. The molecule has 10 heteroatoms. The Labute approximate surface area is 129 Å². The Balaban J connectivity index is 2.84. The van der Waals surface area contributed by atoms with Crippen molar-refractivity contribution >= 4 is 42.6 Å². The number of hydrogen-bond donors (Lipinski definition) is 3. The van der Waals surface area contributed by atoms with Gasteiger partial charge in [0.2, 0.25) is 10.0 Å². The third-order valence-corrected chi connectivity index (χ3v) is 5.93. The Bertz CT molecular complexity index is 594. The zero-order valence-electron chi connectivity index (χ0n) is 11.1. The first-order chi connectivity index (χ1) is 9.27. The molecule has 20 heavy (non-hydrogen) atoms. The van der Waals surface area contributed by atoms with Crippen LogP contribution in [0, 0.1) is 0 Å². The summed E-state index contributed by atoms with van der Waals surface area (Å²) >= 11 is 3.16. The molecule has 0 aliphatic carbocycles. The summed E-state index contributed by atoms with van der Waals surface area (Å²) in [6.45, 7) is 2.00. The lowest BCUT2D eigenvalue weighted by Crippen LogP contribution is -2.29. The van der Waals surface area contributed by atoms with E-state index in [0.717, 1.165) is 0 Å². The van der Waals surface area contributed by atoms with Crippen LogP contribution in [0.2, 0.25) is 0 Å². The number of pyridine rings is 1. The Morgan fingerprint density at radius 2 is 2.20 bits per heavy atom. The number of hydrogen-bond acceptors (Lipinski definition) is 6. The highest BCUT2D eigenvalue weighted by Crippen LogP contribution is 2.21. The molecule has 0 saturated carbocycles. The molecule has 1 rings (SSSR count). The molecule has 0 bridgehead atoms. The van der Waals surface area contributed by atoms with Crippen LogP contribution in [-0.2, 0) is 20.8 Å². The molecule has 1 aromatic rings. The summed E-state index contributed by atoms with van der Waals surface area (Å²) in [4.78, 5) is 3.84. The number of anilines is 1. The molecule has 0 amide bonds. The van der Waals surface area contributed by atoms with Gasteiger partial charge in [-0.25, -0.2) is 24.0 Å². The molecule has 7 nitrogen and oxygen atoms in total. The minimum atomic E-state index is -3.73. The average molecular weight is 385 g/mol. The molecule has 1 aromatic heterocycles. The zero-order chi connectivity index (χ0) is 15.3. The fourth-order valence-corrected chi connectivity index (χ4v) is 3.50. The highest BCUT2D eigenvalue weighted by atomic mass is 79.9. The average Bonchev–Trinajstić information content (AvgIpc) is 2.38. The lowest BCUT2D eigenvalue weighted by atomic mass is 10.3. The number of nitrogens with zero attached hydrogens (tertiary/aromatic N) is 1. The van der Waals surface area contributed by atoms with E-state index in [1.165, 1.54) is 12.3 Å². The fourth-order valence-electron chi connectivity index (χ4n) is 1.37. The summed E-state index contributed by atoms with van der Waals surface area (Å²) in [6.07, 6.45) is 3.51. The highest BCUT2D eigenvalue weighted by molar-refractivity contribution is 9.10. The van der Waals surface area contributed by atoms with Crippen molar-refractivity contribution in [3.05, 3.63) is 16.7 Å². The van der Waals surface area contributed by atoms with Crippen LogP contribution < -0.4 is 16.0 Å². The maximum Gasteiger partial charge on any atom is 0.244 e. The van der Waals surface area contributed by atoms with Gasteiger partial charge >= 0.3 is 0 Å². The van der Waals surface area contributed by atoms with Crippen molar-refractivity contribution in [3.8, 4) is 0 Å². The molecule has 2 atom stereocenters. The van der Waals surface area contributed by atoms with E-state index in [1.54, 1.807) is 13.2 Å². The van der Waals surface area contributed by atoms with E-state index in [0.29, 0.717) is 10.9 Å². The Kier molecular flexibility index (Phi) is 6.52. The zero-order valence-corrected chi connectivity index (χ0v) is 14.3. The SMILES string of the molecule is CC(CCNS(=O)(=O)c1cc(Br)cnc1NN)S(C)=O. The van der Waals surface area contributed by atoms with Gasteiger partial charge in [0, 0.05) is 39.5 Å². The van der Waals surface area contributed by atoms with E-state index >= 15 is 0 Å². The van der Waals surface area contributed by atoms with Crippen LogP contribution in [0.4, 0.5) is 5.82 Å². The summed E-state index contributed by atoms with van der Waals surface area (Å²) in [5.74, 6) is 5.32. The molecule has 0 spiro atoms. The molecular formula is C10H17BrN4O3S2. The number of nitrogen functional groups attached to an aromatic ring is 1. The normalized spacial score (nSPS) is 14.8. The lowest BCUT2D eigenvalue weighted by Gasteiger charge is -2.12. The topological polar surface area (TPSA) is 114 Å². The highest BCUT2D eigenvalue weighted by Gasteiger charge is 2.20. The van der Waals surface area contributed by atoms with E-state index in [2.05, 4.69) is 31.1 Å². The van der Waals surface area contributed by atoms with Crippen molar-refractivity contribution < 1.29 is 12.6 Å². The fraction of sp³-hybridized carbons (Fsp3) is 0.500. The van der Waals surface area contributed by atoms with Crippen LogP contribution in [-0.4, -0.2) is 35.7 Å². The molecule has 0 aliphatic rings. The minimum absolute atomic E-state index is 0.0420. The molecule has 114 valence electrons. The van der Waals surface area contributed by atoms with Gasteiger partial charge < -0.3 is 5.43 Å². The van der Waals surface area contributed by atoms with E-state index in [4.69, 9.17) is 5.84 Å². The molecular weight excluding hydrogens is 368 g/mol. The van der Waals surface area contributed by atoms with Crippen LogP contribution in [0.5, 0.6) is 0 Å². The van der Waals surface area contributed by atoms with Crippen LogP contribution in [0.15, 0.2) is 21.6 Å². The van der Waals surface area contributed by atoms with Gasteiger partial charge in [-0.2, -0.15) is 0 Å². The maximum absolute atomic E-state index is 12.2. The van der Waals surface area contributed by atoms with Crippen LogP contribution in [0.1, 0.15) is 13.3 Å². The first-order valence-corrected chi connectivity index (χ1v) is 9.61. The Morgan fingerprint density at radius 3 is 2.75 bits per heavy atom. The molecule has 2 unspecified atom stereocenters. The van der Waals surface area contributed by atoms with Gasteiger partial charge in [-0.3, -0.25) is 4.21 Å². The van der Waals surface area contributed by atoms with Crippen molar-refractivity contribution in [1.82, 2.24) is 9.71 Å². The number of nitrogens with one attached hydrogen (secondary N) is 2. The molecule has 0 saturated heterocycles. The van der Waals surface area contributed by atoms with Gasteiger partial charge in [0.25, 0.3) is 0 Å². The smallest absolute Gasteiger partial charge is 0.244 e. The van der Waals surface area contributed by atoms with Crippen molar-refractivity contribution in [2.75, 3.05) is 18.2 Å². The summed E-state index contributed by atoms with van der Waals surface area (Å²) < 4.78 is 38.5. The van der Waals surface area contributed by atoms with Crippen molar-refractivity contribution in [2.45, 2.75) is 23.5 Å². The number of sulfonamides is 1. The summed E-state index contributed by atoms with van der Waals surface area (Å²) in [6, 6.07) is 1.41. The lowest BCUT2D eigenvalue weighted by molar-refractivity contribution is 0.577. The van der Waals surface area contributed by atoms with E-state index in [-0.39, 0.29) is 22.5 Å². The predicted molar refractivity (Wildman–Crippen MR) is 83.1 cm³/mol. The monoisotopic (exact) mass is 384 g/mol. The largest absolute Gasteiger partial charge is 0.307 e. The van der Waals surface area contributed by atoms with Crippen LogP contribution >= 0.6 is 15.9 Å². The summed E-state index contributed by atoms with van der Waals surface area (Å²) in [5, 5.41) is -0.0783. The standard InChI is InChI=1S/C10H17BrN4O3S2/c1-7(19(2)16)3-4-14-20(17,18)9-5-8(11)6-13-10(9)15-12/h5-7,14H,3-4,12H2,1-2H3,(H,13,15). The number of rotatable bonds is 7. The quantitative estimate of drug-likeness (QED) is 0.467. The Hall–Kier alpha value is -0.550.